The lowest BCUT2D eigenvalue weighted by atomic mass is 10.1. The Hall–Kier alpha value is -2.61. The molecule has 8 heteroatoms. The van der Waals surface area contributed by atoms with E-state index in [9.17, 15) is 0 Å². The number of guanidine groups is 1. The fraction of sp³-hybridized carbons (Fsp3) is 0.609. The van der Waals surface area contributed by atoms with Crippen molar-refractivity contribution < 1.29 is 4.74 Å². The maximum Gasteiger partial charge on any atom is 0.191 e. The first-order chi connectivity index (χ1) is 15.1. The van der Waals surface area contributed by atoms with Crippen molar-refractivity contribution in [2.75, 3.05) is 33.3 Å². The number of unbranched alkanes of at least 4 members (excludes halogenated alkanes) is 1. The summed E-state index contributed by atoms with van der Waals surface area (Å²) in [4.78, 5) is 7.35. The molecule has 2 aromatic rings. The predicted octanol–water partition coefficient (Wildman–Crippen LogP) is 2.80. The third kappa shape index (κ3) is 6.43. The van der Waals surface area contributed by atoms with Crippen molar-refractivity contribution in [3.8, 4) is 5.75 Å². The van der Waals surface area contributed by atoms with Crippen LogP contribution in [-0.4, -0.2) is 58.9 Å². The molecular weight excluding hydrogens is 390 g/mol. The molecule has 31 heavy (non-hydrogen) atoms. The minimum absolute atomic E-state index is 0.271. The standard InChI is InChI=1S/C23H37N7O/c1-5-6-12-24-23(26-17-22-28-27-18(2)29(22)3)25-16-21(30-13-7-8-14-30)19-10-9-11-20(15-19)31-4/h9-11,15,21H,5-8,12-14,16-17H2,1-4H3,(H2,24,25,26). The quantitative estimate of drug-likeness (QED) is 0.345. The Morgan fingerprint density at radius 3 is 2.71 bits per heavy atom. The van der Waals surface area contributed by atoms with Crippen molar-refractivity contribution in [2.24, 2.45) is 12.0 Å². The van der Waals surface area contributed by atoms with Gasteiger partial charge in [-0.1, -0.05) is 25.5 Å². The second-order valence-corrected chi connectivity index (χ2v) is 8.08. The Kier molecular flexibility index (Phi) is 8.70. The van der Waals surface area contributed by atoms with Gasteiger partial charge < -0.3 is 19.9 Å². The molecule has 1 saturated heterocycles. The van der Waals surface area contributed by atoms with Crippen LogP contribution in [0, 0.1) is 6.92 Å². The van der Waals surface area contributed by atoms with Gasteiger partial charge in [-0.15, -0.1) is 10.2 Å². The summed E-state index contributed by atoms with van der Waals surface area (Å²) in [6.45, 7) is 8.56. The highest BCUT2D eigenvalue weighted by molar-refractivity contribution is 5.79. The number of ether oxygens (including phenoxy) is 1. The van der Waals surface area contributed by atoms with Gasteiger partial charge >= 0.3 is 0 Å². The van der Waals surface area contributed by atoms with Crippen LogP contribution in [0.4, 0.5) is 0 Å². The zero-order chi connectivity index (χ0) is 22.1. The average Bonchev–Trinajstić information content (AvgIpc) is 3.43. The largest absolute Gasteiger partial charge is 0.497 e. The highest BCUT2D eigenvalue weighted by atomic mass is 16.5. The van der Waals surface area contributed by atoms with E-state index < -0.39 is 0 Å². The molecule has 2 N–H and O–H groups in total. The Balaban J connectivity index is 1.73. The maximum atomic E-state index is 5.47. The van der Waals surface area contributed by atoms with Crippen LogP contribution in [0.3, 0.4) is 0 Å². The SMILES string of the molecule is CCCCNC(=NCc1nnc(C)n1C)NCC(c1cccc(OC)c1)N1CCCC1. The monoisotopic (exact) mass is 427 g/mol. The number of rotatable bonds is 10. The van der Waals surface area contributed by atoms with Crippen LogP contribution in [0.5, 0.6) is 5.75 Å². The number of nitrogens with zero attached hydrogens (tertiary/aromatic N) is 5. The molecule has 1 atom stereocenters. The van der Waals surface area contributed by atoms with Gasteiger partial charge in [0.2, 0.25) is 0 Å². The molecule has 0 saturated carbocycles. The summed E-state index contributed by atoms with van der Waals surface area (Å²) in [5, 5.41) is 15.4. The number of aromatic nitrogens is 3. The van der Waals surface area contributed by atoms with E-state index in [1.165, 1.54) is 18.4 Å². The molecule has 0 radical (unpaired) electrons. The zero-order valence-electron chi connectivity index (χ0n) is 19.4. The van der Waals surface area contributed by atoms with Gasteiger partial charge in [0, 0.05) is 20.1 Å². The number of hydrogen-bond acceptors (Lipinski definition) is 5. The van der Waals surface area contributed by atoms with E-state index in [1.54, 1.807) is 7.11 Å². The van der Waals surface area contributed by atoms with Crippen LogP contribution < -0.4 is 15.4 Å². The van der Waals surface area contributed by atoms with E-state index in [-0.39, 0.29) is 6.04 Å². The predicted molar refractivity (Wildman–Crippen MR) is 124 cm³/mol. The molecule has 1 aromatic carbocycles. The first kappa shape index (κ1) is 23.1. The minimum Gasteiger partial charge on any atom is -0.497 e. The lowest BCUT2D eigenvalue weighted by molar-refractivity contribution is 0.245. The Morgan fingerprint density at radius 2 is 2.03 bits per heavy atom. The van der Waals surface area contributed by atoms with Crippen molar-refractivity contribution >= 4 is 5.96 Å². The van der Waals surface area contributed by atoms with Gasteiger partial charge in [0.05, 0.1) is 13.2 Å². The molecule has 0 amide bonds. The molecule has 1 aliphatic rings. The summed E-state index contributed by atoms with van der Waals surface area (Å²) in [7, 11) is 3.70. The van der Waals surface area contributed by atoms with E-state index in [0.29, 0.717) is 6.54 Å². The average molecular weight is 428 g/mol. The molecule has 0 aliphatic carbocycles. The number of methoxy groups -OCH3 is 1. The Labute approximate surface area is 186 Å². The molecule has 3 rings (SSSR count). The molecule has 8 nitrogen and oxygen atoms in total. The summed E-state index contributed by atoms with van der Waals surface area (Å²) in [5.74, 6) is 3.47. The molecule has 1 aliphatic heterocycles. The van der Waals surface area contributed by atoms with Gasteiger partial charge in [0.1, 0.15) is 18.1 Å². The lowest BCUT2D eigenvalue weighted by Crippen LogP contribution is -2.43. The van der Waals surface area contributed by atoms with Gasteiger partial charge in [-0.3, -0.25) is 4.90 Å². The Morgan fingerprint density at radius 1 is 1.23 bits per heavy atom. The number of nitrogens with one attached hydrogen (secondary N) is 2. The second-order valence-electron chi connectivity index (χ2n) is 8.08. The topological polar surface area (TPSA) is 79.6 Å². The summed E-state index contributed by atoms with van der Waals surface area (Å²) < 4.78 is 7.45. The van der Waals surface area contributed by atoms with Crippen molar-refractivity contribution in [1.82, 2.24) is 30.3 Å². The summed E-state index contributed by atoms with van der Waals surface area (Å²) >= 11 is 0. The molecule has 1 fully saturated rings. The Bertz CT molecular complexity index is 842. The van der Waals surface area contributed by atoms with Crippen LogP contribution in [0.2, 0.25) is 0 Å². The van der Waals surface area contributed by atoms with E-state index in [4.69, 9.17) is 9.73 Å². The van der Waals surface area contributed by atoms with E-state index in [1.807, 2.05) is 24.6 Å². The van der Waals surface area contributed by atoms with Gasteiger partial charge in [-0.05, 0) is 57.0 Å². The lowest BCUT2D eigenvalue weighted by Gasteiger charge is -2.29. The van der Waals surface area contributed by atoms with Crippen molar-refractivity contribution in [3.05, 3.63) is 41.5 Å². The normalized spacial score (nSPS) is 15.8. The van der Waals surface area contributed by atoms with Gasteiger partial charge in [0.25, 0.3) is 0 Å². The number of aryl methyl sites for hydroxylation is 1. The molecule has 1 unspecified atom stereocenters. The third-order valence-electron chi connectivity index (χ3n) is 5.91. The highest BCUT2D eigenvalue weighted by Crippen LogP contribution is 2.27. The van der Waals surface area contributed by atoms with E-state index in [2.05, 4.69) is 50.9 Å². The van der Waals surface area contributed by atoms with E-state index >= 15 is 0 Å². The van der Waals surface area contributed by atoms with Crippen molar-refractivity contribution in [2.45, 2.75) is 52.1 Å². The van der Waals surface area contributed by atoms with E-state index in [0.717, 1.165) is 62.4 Å². The minimum atomic E-state index is 0.271. The molecular formula is C23H37N7O. The molecule has 2 heterocycles. The van der Waals surface area contributed by atoms with Crippen LogP contribution in [0.15, 0.2) is 29.3 Å². The number of benzene rings is 1. The molecule has 1 aromatic heterocycles. The number of hydrogen-bond donors (Lipinski definition) is 2. The van der Waals surface area contributed by atoms with Gasteiger partial charge in [-0.2, -0.15) is 0 Å². The first-order valence-corrected chi connectivity index (χ1v) is 11.4. The summed E-state index contributed by atoms with van der Waals surface area (Å²) in [6, 6.07) is 8.68. The van der Waals surface area contributed by atoms with Gasteiger partial charge in [-0.25, -0.2) is 4.99 Å². The smallest absolute Gasteiger partial charge is 0.191 e. The highest BCUT2D eigenvalue weighted by Gasteiger charge is 2.24. The molecule has 0 spiro atoms. The van der Waals surface area contributed by atoms with Crippen molar-refractivity contribution in [1.29, 1.82) is 0 Å². The summed E-state index contributed by atoms with van der Waals surface area (Å²) in [6.07, 6.45) is 4.75. The molecule has 170 valence electrons. The van der Waals surface area contributed by atoms with Crippen molar-refractivity contribution in [3.63, 3.8) is 0 Å². The fourth-order valence-corrected chi connectivity index (χ4v) is 3.85. The first-order valence-electron chi connectivity index (χ1n) is 11.4. The van der Waals surface area contributed by atoms with Crippen LogP contribution in [-0.2, 0) is 13.6 Å². The van der Waals surface area contributed by atoms with Crippen LogP contribution >= 0.6 is 0 Å². The maximum absolute atomic E-state index is 5.47. The fourth-order valence-electron chi connectivity index (χ4n) is 3.85. The zero-order valence-corrected chi connectivity index (χ0v) is 19.4. The molecule has 0 bridgehead atoms. The number of likely N-dealkylation sites (tertiary alicyclic amines) is 1. The van der Waals surface area contributed by atoms with Crippen LogP contribution in [0.25, 0.3) is 0 Å². The summed E-state index contributed by atoms with van der Waals surface area (Å²) in [5.41, 5.74) is 1.27. The third-order valence-corrected chi connectivity index (χ3v) is 5.91. The number of aliphatic imine (C=N–C) groups is 1. The second kappa shape index (κ2) is 11.7. The van der Waals surface area contributed by atoms with Crippen LogP contribution in [0.1, 0.15) is 55.9 Å². The van der Waals surface area contributed by atoms with Gasteiger partial charge in [0.15, 0.2) is 11.8 Å².